The van der Waals surface area contributed by atoms with Crippen LogP contribution in [0.15, 0.2) is 29.5 Å². The van der Waals surface area contributed by atoms with Gasteiger partial charge in [-0.3, -0.25) is 19.6 Å². The van der Waals surface area contributed by atoms with Crippen LogP contribution in [-0.4, -0.2) is 66.9 Å². The lowest BCUT2D eigenvalue weighted by Crippen LogP contribution is -2.41. The van der Waals surface area contributed by atoms with Crippen molar-refractivity contribution >= 4 is 17.8 Å². The number of guanidine groups is 1. The summed E-state index contributed by atoms with van der Waals surface area (Å²) in [7, 11) is 0. The molecule has 0 saturated carbocycles. The van der Waals surface area contributed by atoms with Crippen LogP contribution in [-0.2, 0) is 4.79 Å². The Labute approximate surface area is 167 Å². The van der Waals surface area contributed by atoms with E-state index in [2.05, 4.69) is 25.9 Å². The van der Waals surface area contributed by atoms with Gasteiger partial charge in [-0.05, 0) is 38.3 Å². The molecule has 1 saturated heterocycles. The van der Waals surface area contributed by atoms with Crippen molar-refractivity contribution in [2.45, 2.75) is 39.0 Å². The minimum absolute atomic E-state index is 0.140. The number of nitrogens with zero attached hydrogens (tertiary/aromatic N) is 3. The first-order valence-electron chi connectivity index (χ1n) is 10.2. The van der Waals surface area contributed by atoms with E-state index < -0.39 is 0 Å². The van der Waals surface area contributed by atoms with Crippen LogP contribution in [0, 0.1) is 0 Å². The van der Waals surface area contributed by atoms with Gasteiger partial charge in [-0.1, -0.05) is 6.42 Å². The van der Waals surface area contributed by atoms with Gasteiger partial charge in [0.25, 0.3) is 5.91 Å². The lowest BCUT2D eigenvalue weighted by molar-refractivity contribution is -0.130. The molecule has 0 bridgehead atoms. The molecule has 154 valence electrons. The fourth-order valence-corrected chi connectivity index (χ4v) is 3.03. The van der Waals surface area contributed by atoms with Crippen molar-refractivity contribution in [1.29, 1.82) is 0 Å². The minimum Gasteiger partial charge on any atom is -0.357 e. The van der Waals surface area contributed by atoms with E-state index in [0.29, 0.717) is 31.6 Å². The molecule has 0 radical (unpaired) electrons. The van der Waals surface area contributed by atoms with Crippen LogP contribution in [0.1, 0.15) is 49.4 Å². The number of hydrogen-bond acceptors (Lipinski definition) is 4. The number of pyridine rings is 1. The quantitative estimate of drug-likeness (QED) is 0.335. The lowest BCUT2D eigenvalue weighted by Gasteiger charge is -2.20. The Kier molecular flexibility index (Phi) is 9.82. The lowest BCUT2D eigenvalue weighted by atomic mass is 10.2. The molecule has 1 aliphatic rings. The minimum atomic E-state index is -0.140. The van der Waals surface area contributed by atoms with Gasteiger partial charge in [0, 0.05) is 58.1 Å². The zero-order valence-electron chi connectivity index (χ0n) is 16.7. The van der Waals surface area contributed by atoms with E-state index in [1.807, 2.05) is 11.8 Å². The van der Waals surface area contributed by atoms with Crippen LogP contribution in [0.2, 0.25) is 0 Å². The Morgan fingerprint density at radius 3 is 2.86 bits per heavy atom. The van der Waals surface area contributed by atoms with E-state index in [1.165, 1.54) is 0 Å². The highest BCUT2D eigenvalue weighted by molar-refractivity contribution is 5.93. The van der Waals surface area contributed by atoms with E-state index in [9.17, 15) is 9.59 Å². The van der Waals surface area contributed by atoms with Gasteiger partial charge in [0.15, 0.2) is 5.96 Å². The highest BCUT2D eigenvalue weighted by Gasteiger charge is 2.15. The summed E-state index contributed by atoms with van der Waals surface area (Å²) >= 11 is 0. The fraction of sp³-hybridized carbons (Fsp3) is 0.600. The second-order valence-electron chi connectivity index (χ2n) is 6.73. The number of nitrogens with one attached hydrogen (secondary N) is 3. The number of amides is 2. The van der Waals surface area contributed by atoms with Crippen LogP contribution in [0.4, 0.5) is 0 Å². The zero-order chi connectivity index (χ0) is 20.0. The standard InChI is InChI=1S/C20H32N6O2/c1-2-22-20(24-11-7-15-26-14-5-3-4-9-18(26)27)25-13-12-23-19(28)17-8-6-10-21-16-17/h6,8,10,16H,2-5,7,9,11-15H2,1H3,(H,23,28)(H2,22,24,25). The highest BCUT2D eigenvalue weighted by Crippen LogP contribution is 2.11. The Balaban J connectivity index is 1.67. The van der Waals surface area contributed by atoms with Gasteiger partial charge in [-0.15, -0.1) is 0 Å². The zero-order valence-corrected chi connectivity index (χ0v) is 16.7. The monoisotopic (exact) mass is 388 g/mol. The van der Waals surface area contributed by atoms with Crippen molar-refractivity contribution in [3.63, 3.8) is 0 Å². The smallest absolute Gasteiger partial charge is 0.252 e. The van der Waals surface area contributed by atoms with Crippen LogP contribution in [0.3, 0.4) is 0 Å². The number of likely N-dealkylation sites (tertiary alicyclic amines) is 1. The van der Waals surface area contributed by atoms with Gasteiger partial charge < -0.3 is 20.9 Å². The summed E-state index contributed by atoms with van der Waals surface area (Å²) in [6.45, 7) is 6.13. The number of aromatic nitrogens is 1. The third-order valence-electron chi connectivity index (χ3n) is 4.50. The molecule has 1 aromatic rings. The summed E-state index contributed by atoms with van der Waals surface area (Å²) in [5, 5.41) is 9.26. The number of carbonyl (C=O) groups excluding carboxylic acids is 2. The molecule has 1 fully saturated rings. The van der Waals surface area contributed by atoms with Crippen LogP contribution in [0.5, 0.6) is 0 Å². The predicted octanol–water partition coefficient (Wildman–Crippen LogP) is 1.16. The third-order valence-corrected chi connectivity index (χ3v) is 4.50. The maximum atomic E-state index is 12.0. The number of rotatable bonds is 9. The summed E-state index contributed by atoms with van der Waals surface area (Å²) in [6.07, 6.45) is 7.97. The largest absolute Gasteiger partial charge is 0.357 e. The Bertz CT molecular complexity index is 635. The Morgan fingerprint density at radius 1 is 1.21 bits per heavy atom. The van der Waals surface area contributed by atoms with Crippen molar-refractivity contribution in [3.8, 4) is 0 Å². The van der Waals surface area contributed by atoms with Gasteiger partial charge in [0.2, 0.25) is 5.91 Å². The molecular formula is C20H32N6O2. The van der Waals surface area contributed by atoms with E-state index in [0.717, 1.165) is 51.3 Å². The van der Waals surface area contributed by atoms with Crippen molar-refractivity contribution in [2.75, 3.05) is 39.3 Å². The molecule has 1 aliphatic heterocycles. The van der Waals surface area contributed by atoms with Crippen molar-refractivity contribution in [1.82, 2.24) is 25.8 Å². The molecule has 2 rings (SSSR count). The maximum Gasteiger partial charge on any atom is 0.252 e. The van der Waals surface area contributed by atoms with Gasteiger partial charge in [0.1, 0.15) is 0 Å². The summed E-state index contributed by atoms with van der Waals surface area (Å²) in [6, 6.07) is 3.47. The van der Waals surface area contributed by atoms with E-state index in [-0.39, 0.29) is 11.8 Å². The molecule has 2 heterocycles. The molecule has 1 aromatic heterocycles. The van der Waals surface area contributed by atoms with Crippen molar-refractivity contribution < 1.29 is 9.59 Å². The van der Waals surface area contributed by atoms with Crippen LogP contribution >= 0.6 is 0 Å². The summed E-state index contributed by atoms with van der Waals surface area (Å²) in [5.74, 6) is 0.857. The molecule has 0 aliphatic carbocycles. The molecular weight excluding hydrogens is 356 g/mol. The van der Waals surface area contributed by atoms with E-state index in [4.69, 9.17) is 0 Å². The number of hydrogen-bond donors (Lipinski definition) is 3. The average molecular weight is 389 g/mol. The topological polar surface area (TPSA) is 98.7 Å². The maximum absolute atomic E-state index is 12.0. The first-order chi connectivity index (χ1) is 13.7. The normalized spacial score (nSPS) is 15.1. The molecule has 0 atom stereocenters. The molecule has 0 spiro atoms. The summed E-state index contributed by atoms with van der Waals surface area (Å²) < 4.78 is 0. The van der Waals surface area contributed by atoms with Crippen LogP contribution in [0.25, 0.3) is 0 Å². The first kappa shape index (κ1) is 21.7. The fourth-order valence-electron chi connectivity index (χ4n) is 3.03. The second-order valence-corrected chi connectivity index (χ2v) is 6.73. The van der Waals surface area contributed by atoms with E-state index in [1.54, 1.807) is 24.5 Å². The van der Waals surface area contributed by atoms with Crippen molar-refractivity contribution in [2.24, 2.45) is 4.99 Å². The molecule has 2 amide bonds. The highest BCUT2D eigenvalue weighted by atomic mass is 16.2. The third kappa shape index (κ3) is 7.94. The summed E-state index contributed by atoms with van der Waals surface area (Å²) in [5.41, 5.74) is 0.547. The number of aliphatic imine (C=N–C) groups is 1. The Hall–Kier alpha value is -2.64. The molecule has 28 heavy (non-hydrogen) atoms. The van der Waals surface area contributed by atoms with Gasteiger partial charge >= 0.3 is 0 Å². The first-order valence-corrected chi connectivity index (χ1v) is 10.2. The number of carbonyl (C=O) groups is 2. The predicted molar refractivity (Wildman–Crippen MR) is 110 cm³/mol. The second kappa shape index (κ2) is 12.7. The van der Waals surface area contributed by atoms with Gasteiger partial charge in [0.05, 0.1) is 5.56 Å². The average Bonchev–Trinajstić information content (AvgIpc) is 2.93. The Morgan fingerprint density at radius 2 is 2.07 bits per heavy atom. The molecule has 0 unspecified atom stereocenters. The van der Waals surface area contributed by atoms with Crippen molar-refractivity contribution in [3.05, 3.63) is 30.1 Å². The van der Waals surface area contributed by atoms with Crippen LogP contribution < -0.4 is 16.0 Å². The molecule has 3 N–H and O–H groups in total. The van der Waals surface area contributed by atoms with E-state index >= 15 is 0 Å². The molecule has 8 nitrogen and oxygen atoms in total. The molecule has 0 aromatic carbocycles. The van der Waals surface area contributed by atoms with Gasteiger partial charge in [-0.2, -0.15) is 0 Å². The summed E-state index contributed by atoms with van der Waals surface area (Å²) in [4.78, 5) is 34.4. The molecule has 8 heteroatoms. The van der Waals surface area contributed by atoms with Gasteiger partial charge in [-0.25, -0.2) is 0 Å². The SMILES string of the molecule is CCNC(=NCCCN1CCCCCC1=O)NCCNC(=O)c1cccnc1.